The summed E-state index contributed by atoms with van der Waals surface area (Å²) in [4.78, 5) is 9.17. The molecule has 0 aromatic carbocycles. The molecule has 1 aromatic rings. The van der Waals surface area contributed by atoms with E-state index in [1.54, 1.807) is 6.20 Å². The molecule has 0 aliphatic carbocycles. The lowest BCUT2D eigenvalue weighted by Crippen LogP contribution is -2.00. The van der Waals surface area contributed by atoms with Crippen molar-refractivity contribution in [3.8, 4) is 0 Å². The van der Waals surface area contributed by atoms with E-state index >= 15 is 0 Å². The van der Waals surface area contributed by atoms with Gasteiger partial charge in [-0.3, -0.25) is 4.57 Å². The molecule has 1 N–H and O–H groups in total. The molecule has 1 aromatic heterocycles. The zero-order valence-corrected chi connectivity index (χ0v) is 9.31. The van der Waals surface area contributed by atoms with Crippen LogP contribution in [0.15, 0.2) is 6.20 Å². The first-order valence-corrected chi connectivity index (χ1v) is 5.98. The summed E-state index contributed by atoms with van der Waals surface area (Å²) in [5.74, 6) is 0.254. The fourth-order valence-electron chi connectivity index (χ4n) is 0.888. The normalized spacial score (nSPS) is 15.8. The molecule has 0 fully saturated rings. The van der Waals surface area contributed by atoms with E-state index in [-0.39, 0.29) is 12.2 Å². The van der Waals surface area contributed by atoms with Gasteiger partial charge in [0, 0.05) is 13.3 Å². The molecule has 0 saturated heterocycles. The monoisotopic (exact) mass is 219 g/mol. The zero-order valence-electron chi connectivity index (χ0n) is 8.41. The first-order chi connectivity index (χ1) is 6.44. The third-order valence-electron chi connectivity index (χ3n) is 1.76. The maximum Gasteiger partial charge on any atom is 0.349 e. The van der Waals surface area contributed by atoms with Gasteiger partial charge in [-0.25, -0.2) is 4.68 Å². The lowest BCUT2D eigenvalue weighted by molar-refractivity contribution is 0.304. The number of hydrogen-bond acceptors (Lipinski definition) is 4. The fraction of sp³-hybridized carbons (Fsp3) is 0.714. The molecule has 0 bridgehead atoms. The average molecular weight is 219 g/mol. The maximum atomic E-state index is 11.2. The molecular formula is C7H14N3O3P. The lowest BCUT2D eigenvalue weighted by atomic mass is 10.2. The Morgan fingerprint density at radius 2 is 2.36 bits per heavy atom. The van der Waals surface area contributed by atoms with Crippen molar-refractivity contribution in [2.75, 3.05) is 7.11 Å². The molecule has 80 valence electrons. The molecule has 0 radical (unpaired) electrons. The smallest absolute Gasteiger partial charge is 0.323 e. The maximum absolute atomic E-state index is 11.2. The summed E-state index contributed by atoms with van der Waals surface area (Å²) in [5.41, 5.74) is 0.793. The highest BCUT2D eigenvalue weighted by atomic mass is 31.2. The summed E-state index contributed by atoms with van der Waals surface area (Å²) < 4.78 is 16.9. The van der Waals surface area contributed by atoms with Gasteiger partial charge < -0.3 is 9.42 Å². The SMILES string of the molecule is COP(=O)(O)Cn1cc(C(C)C)nn1. The topological polar surface area (TPSA) is 77.2 Å². The number of aromatic nitrogens is 3. The van der Waals surface area contributed by atoms with Crippen molar-refractivity contribution >= 4 is 7.60 Å². The number of nitrogens with zero attached hydrogens (tertiary/aromatic N) is 3. The number of hydrogen-bond donors (Lipinski definition) is 1. The Hall–Kier alpha value is -0.710. The van der Waals surface area contributed by atoms with Crippen molar-refractivity contribution < 1.29 is 14.0 Å². The van der Waals surface area contributed by atoms with Gasteiger partial charge >= 0.3 is 7.60 Å². The molecular weight excluding hydrogens is 205 g/mol. The standard InChI is InChI=1S/C7H14N3O3P/c1-6(2)7-4-10(9-8-7)5-14(11,12)13-3/h4,6H,5H2,1-3H3,(H,11,12). The van der Waals surface area contributed by atoms with E-state index in [9.17, 15) is 4.57 Å². The molecule has 1 unspecified atom stereocenters. The van der Waals surface area contributed by atoms with E-state index in [4.69, 9.17) is 4.89 Å². The van der Waals surface area contributed by atoms with Crippen LogP contribution < -0.4 is 0 Å². The Morgan fingerprint density at radius 1 is 1.71 bits per heavy atom. The van der Waals surface area contributed by atoms with E-state index in [1.165, 1.54) is 11.8 Å². The highest BCUT2D eigenvalue weighted by Gasteiger charge is 2.19. The van der Waals surface area contributed by atoms with Crippen LogP contribution in [0.25, 0.3) is 0 Å². The minimum Gasteiger partial charge on any atom is -0.323 e. The second-order valence-electron chi connectivity index (χ2n) is 3.30. The van der Waals surface area contributed by atoms with E-state index < -0.39 is 7.60 Å². The summed E-state index contributed by atoms with van der Waals surface area (Å²) in [5, 5.41) is 7.58. The second kappa shape index (κ2) is 4.21. The summed E-state index contributed by atoms with van der Waals surface area (Å²) in [6.45, 7) is 3.95. The molecule has 0 aliphatic rings. The minimum atomic E-state index is -3.55. The van der Waals surface area contributed by atoms with Crippen LogP contribution in [-0.4, -0.2) is 27.0 Å². The quantitative estimate of drug-likeness (QED) is 0.769. The van der Waals surface area contributed by atoms with Crippen LogP contribution in [0.3, 0.4) is 0 Å². The molecule has 0 saturated carbocycles. The highest BCUT2D eigenvalue weighted by molar-refractivity contribution is 7.51. The van der Waals surface area contributed by atoms with Crippen LogP contribution >= 0.6 is 7.60 Å². The molecule has 1 rings (SSSR count). The Bertz CT molecular complexity index is 350. The van der Waals surface area contributed by atoms with E-state index in [0.717, 1.165) is 5.69 Å². The van der Waals surface area contributed by atoms with Crippen LogP contribution in [0.1, 0.15) is 25.5 Å². The molecule has 0 amide bonds. The predicted molar refractivity (Wildman–Crippen MR) is 50.9 cm³/mol. The van der Waals surface area contributed by atoms with Crippen molar-refractivity contribution in [3.05, 3.63) is 11.9 Å². The van der Waals surface area contributed by atoms with Gasteiger partial charge in [0.15, 0.2) is 0 Å². The van der Waals surface area contributed by atoms with Gasteiger partial charge in [0.05, 0.1) is 5.69 Å². The zero-order chi connectivity index (χ0) is 10.8. The van der Waals surface area contributed by atoms with Crippen LogP contribution in [0.5, 0.6) is 0 Å². The van der Waals surface area contributed by atoms with Crippen molar-refractivity contribution in [1.82, 2.24) is 15.0 Å². The van der Waals surface area contributed by atoms with E-state index in [1.807, 2.05) is 13.8 Å². The van der Waals surface area contributed by atoms with Crippen molar-refractivity contribution in [1.29, 1.82) is 0 Å². The Labute approximate surface area is 82.4 Å². The lowest BCUT2D eigenvalue weighted by Gasteiger charge is -2.07. The molecule has 7 heteroatoms. The summed E-state index contributed by atoms with van der Waals surface area (Å²) >= 11 is 0. The van der Waals surface area contributed by atoms with Gasteiger partial charge in [-0.2, -0.15) is 0 Å². The predicted octanol–water partition coefficient (Wildman–Crippen LogP) is 1.19. The van der Waals surface area contributed by atoms with Crippen LogP contribution in [-0.2, 0) is 15.4 Å². The molecule has 0 aliphatic heterocycles. The Morgan fingerprint density at radius 3 is 2.79 bits per heavy atom. The first kappa shape index (κ1) is 11.4. The molecule has 6 nitrogen and oxygen atoms in total. The van der Waals surface area contributed by atoms with Gasteiger partial charge in [0.25, 0.3) is 0 Å². The molecule has 1 atom stereocenters. The van der Waals surface area contributed by atoms with Gasteiger partial charge in [0.1, 0.15) is 6.29 Å². The third-order valence-corrected chi connectivity index (χ3v) is 2.97. The van der Waals surface area contributed by atoms with Crippen molar-refractivity contribution in [2.24, 2.45) is 0 Å². The van der Waals surface area contributed by atoms with Crippen LogP contribution in [0, 0.1) is 0 Å². The van der Waals surface area contributed by atoms with Crippen LogP contribution in [0.4, 0.5) is 0 Å². The third kappa shape index (κ3) is 2.90. The van der Waals surface area contributed by atoms with Gasteiger partial charge in [-0.15, -0.1) is 5.10 Å². The van der Waals surface area contributed by atoms with Gasteiger partial charge in [-0.05, 0) is 5.92 Å². The van der Waals surface area contributed by atoms with E-state index in [2.05, 4.69) is 14.8 Å². The van der Waals surface area contributed by atoms with Crippen molar-refractivity contribution in [2.45, 2.75) is 26.1 Å². The summed E-state index contributed by atoms with van der Waals surface area (Å²) in [7, 11) is -2.36. The second-order valence-corrected chi connectivity index (χ2v) is 5.22. The highest BCUT2D eigenvalue weighted by Crippen LogP contribution is 2.42. The summed E-state index contributed by atoms with van der Waals surface area (Å²) in [6.07, 6.45) is 1.48. The number of rotatable bonds is 4. The van der Waals surface area contributed by atoms with E-state index in [0.29, 0.717) is 0 Å². The molecule has 14 heavy (non-hydrogen) atoms. The molecule has 1 heterocycles. The first-order valence-electron chi connectivity index (χ1n) is 4.22. The Kier molecular flexibility index (Phi) is 3.42. The molecule has 0 spiro atoms. The van der Waals surface area contributed by atoms with Crippen LogP contribution in [0.2, 0.25) is 0 Å². The minimum absolute atomic E-state index is 0.163. The Balaban J connectivity index is 2.74. The largest absolute Gasteiger partial charge is 0.349 e. The fourth-order valence-corrected chi connectivity index (χ4v) is 1.51. The summed E-state index contributed by atoms with van der Waals surface area (Å²) in [6, 6.07) is 0. The van der Waals surface area contributed by atoms with Gasteiger partial charge in [-0.1, -0.05) is 19.1 Å². The van der Waals surface area contributed by atoms with Gasteiger partial charge in [0.2, 0.25) is 0 Å². The van der Waals surface area contributed by atoms with Crippen molar-refractivity contribution in [3.63, 3.8) is 0 Å². The average Bonchev–Trinajstić information content (AvgIpc) is 2.52.